The molecule has 1 atom stereocenters. The minimum atomic E-state index is -0.487. The molecule has 0 aliphatic carbocycles. The molecule has 4 aromatic rings. The van der Waals surface area contributed by atoms with E-state index in [-0.39, 0.29) is 11.8 Å². The fourth-order valence-corrected chi connectivity index (χ4v) is 4.85. The van der Waals surface area contributed by atoms with E-state index in [1.54, 1.807) is 49.6 Å². The third kappa shape index (κ3) is 4.06. The molecule has 3 aromatic carbocycles. The van der Waals surface area contributed by atoms with Gasteiger partial charge in [-0.3, -0.25) is 9.59 Å². The highest BCUT2D eigenvalue weighted by Crippen LogP contribution is 2.47. The van der Waals surface area contributed by atoms with Gasteiger partial charge in [-0.2, -0.15) is 0 Å². The van der Waals surface area contributed by atoms with Gasteiger partial charge >= 0.3 is 5.97 Å². The summed E-state index contributed by atoms with van der Waals surface area (Å²) in [6, 6.07) is 12.0. The Kier molecular flexibility index (Phi) is 6.59. The molecular weight excluding hydrogens is 492 g/mol. The van der Waals surface area contributed by atoms with Crippen molar-refractivity contribution in [1.82, 2.24) is 0 Å². The van der Waals surface area contributed by atoms with Gasteiger partial charge in [-0.1, -0.05) is 6.07 Å². The average Bonchev–Trinajstić information content (AvgIpc) is 2.95. The zero-order valence-electron chi connectivity index (χ0n) is 21.6. The highest BCUT2D eigenvalue weighted by Gasteiger charge is 2.33. The molecule has 9 heteroatoms. The Labute approximate surface area is 218 Å². The summed E-state index contributed by atoms with van der Waals surface area (Å²) in [6.07, 6.45) is 1.45. The maximum Gasteiger partial charge on any atom is 0.312 e. The van der Waals surface area contributed by atoms with Crippen molar-refractivity contribution >= 4 is 16.9 Å². The van der Waals surface area contributed by atoms with Gasteiger partial charge in [0.25, 0.3) is 0 Å². The molecule has 196 valence electrons. The van der Waals surface area contributed by atoms with Crippen LogP contribution in [0.4, 0.5) is 0 Å². The van der Waals surface area contributed by atoms with Gasteiger partial charge in [0.05, 0.1) is 52.9 Å². The molecule has 1 aliphatic rings. The molecule has 0 bridgehead atoms. The molecule has 0 saturated heterocycles. The Morgan fingerprint density at radius 1 is 0.763 bits per heavy atom. The average molecular weight is 519 g/mol. The van der Waals surface area contributed by atoms with E-state index in [1.165, 1.54) is 34.7 Å². The SMILES string of the molecule is COc1ccc(-c2coc3c4c(ccc3c2=O)OC(=O)CC4c2cc(OC)c(OC)c(OC)c2)cc1OC. The molecule has 0 N–H and O–H groups in total. The minimum Gasteiger partial charge on any atom is -0.493 e. The lowest BCUT2D eigenvalue weighted by Crippen LogP contribution is -2.22. The lowest BCUT2D eigenvalue weighted by atomic mass is 9.84. The fourth-order valence-electron chi connectivity index (χ4n) is 4.85. The van der Waals surface area contributed by atoms with Gasteiger partial charge in [0.2, 0.25) is 11.2 Å². The summed E-state index contributed by atoms with van der Waals surface area (Å²) in [4.78, 5) is 26.2. The van der Waals surface area contributed by atoms with Gasteiger partial charge in [0.1, 0.15) is 17.6 Å². The van der Waals surface area contributed by atoms with Crippen LogP contribution in [0.25, 0.3) is 22.1 Å². The molecule has 1 aromatic heterocycles. The molecular formula is C29H26O9. The van der Waals surface area contributed by atoms with Crippen molar-refractivity contribution < 1.29 is 37.6 Å². The molecule has 1 unspecified atom stereocenters. The molecule has 0 radical (unpaired) electrons. The number of hydrogen-bond donors (Lipinski definition) is 0. The first kappa shape index (κ1) is 25.0. The Bertz CT molecular complexity index is 1580. The van der Waals surface area contributed by atoms with Gasteiger partial charge in [-0.15, -0.1) is 0 Å². The second-order valence-electron chi connectivity index (χ2n) is 8.59. The van der Waals surface area contributed by atoms with E-state index in [4.69, 9.17) is 32.8 Å². The van der Waals surface area contributed by atoms with Crippen molar-refractivity contribution in [2.24, 2.45) is 0 Å². The van der Waals surface area contributed by atoms with Crippen molar-refractivity contribution in [3.05, 3.63) is 70.1 Å². The maximum atomic E-state index is 13.7. The van der Waals surface area contributed by atoms with Crippen molar-refractivity contribution in [2.75, 3.05) is 35.5 Å². The number of ether oxygens (including phenoxy) is 6. The lowest BCUT2D eigenvalue weighted by molar-refractivity contribution is -0.135. The summed E-state index contributed by atoms with van der Waals surface area (Å²) >= 11 is 0. The monoisotopic (exact) mass is 518 g/mol. The summed E-state index contributed by atoms with van der Waals surface area (Å²) < 4.78 is 38.8. The van der Waals surface area contributed by atoms with E-state index in [0.717, 1.165) is 5.56 Å². The fraction of sp³-hybridized carbons (Fsp3) is 0.241. The molecule has 1 aliphatic heterocycles. The molecule has 5 rings (SSSR count). The summed E-state index contributed by atoms with van der Waals surface area (Å²) in [5.41, 5.74) is 2.38. The van der Waals surface area contributed by atoms with Crippen LogP contribution >= 0.6 is 0 Å². The number of fused-ring (bicyclic) bond motifs is 3. The number of benzene rings is 3. The Morgan fingerprint density at radius 2 is 1.45 bits per heavy atom. The standard InChI is InChI=1S/C29H26O9/c1-32-20-8-6-15(10-22(20)33-2)19-14-37-28-17(27(19)31)7-9-21-26(28)18(13-25(30)38-21)16-11-23(34-3)29(36-5)24(12-16)35-4/h6-12,14,18H,13H2,1-5H3. The van der Waals surface area contributed by atoms with E-state index in [0.29, 0.717) is 62.2 Å². The second-order valence-corrected chi connectivity index (χ2v) is 8.59. The molecule has 0 amide bonds. The van der Waals surface area contributed by atoms with Crippen molar-refractivity contribution in [3.8, 4) is 45.6 Å². The minimum absolute atomic E-state index is 0.0336. The third-order valence-electron chi connectivity index (χ3n) is 6.67. The summed E-state index contributed by atoms with van der Waals surface area (Å²) in [6.45, 7) is 0. The van der Waals surface area contributed by atoms with E-state index in [2.05, 4.69) is 0 Å². The van der Waals surface area contributed by atoms with Crippen LogP contribution in [0.15, 0.2) is 57.9 Å². The summed E-state index contributed by atoms with van der Waals surface area (Å²) in [5, 5.41) is 0.353. The summed E-state index contributed by atoms with van der Waals surface area (Å²) in [5.74, 6) is 1.80. The van der Waals surface area contributed by atoms with Crippen LogP contribution in [0.3, 0.4) is 0 Å². The van der Waals surface area contributed by atoms with Gasteiger partial charge in [-0.25, -0.2) is 0 Å². The molecule has 2 heterocycles. The topological polar surface area (TPSA) is 103 Å². The van der Waals surface area contributed by atoms with E-state index >= 15 is 0 Å². The molecule has 38 heavy (non-hydrogen) atoms. The van der Waals surface area contributed by atoms with Crippen LogP contribution < -0.4 is 33.8 Å². The first-order chi connectivity index (χ1) is 18.4. The van der Waals surface area contributed by atoms with Crippen LogP contribution in [0.1, 0.15) is 23.5 Å². The highest BCUT2D eigenvalue weighted by atomic mass is 16.5. The predicted molar refractivity (Wildman–Crippen MR) is 139 cm³/mol. The van der Waals surface area contributed by atoms with Crippen LogP contribution in [-0.2, 0) is 4.79 Å². The molecule has 9 nitrogen and oxygen atoms in total. The van der Waals surface area contributed by atoms with Crippen molar-refractivity contribution in [1.29, 1.82) is 0 Å². The molecule has 0 fully saturated rings. The second kappa shape index (κ2) is 10.0. The first-order valence-electron chi connectivity index (χ1n) is 11.7. The number of carbonyl (C=O) groups excluding carboxylic acids is 1. The number of methoxy groups -OCH3 is 5. The highest BCUT2D eigenvalue weighted by molar-refractivity contribution is 5.90. The van der Waals surface area contributed by atoms with E-state index < -0.39 is 11.9 Å². The van der Waals surface area contributed by atoms with E-state index in [1.807, 2.05) is 0 Å². The molecule has 0 spiro atoms. The van der Waals surface area contributed by atoms with Crippen LogP contribution in [0, 0.1) is 0 Å². The quantitative estimate of drug-likeness (QED) is 0.248. The largest absolute Gasteiger partial charge is 0.493 e. The van der Waals surface area contributed by atoms with Crippen LogP contribution in [0.2, 0.25) is 0 Å². The van der Waals surface area contributed by atoms with Crippen LogP contribution in [0.5, 0.6) is 34.5 Å². The molecule has 0 saturated carbocycles. The predicted octanol–water partition coefficient (Wildman–Crippen LogP) is 4.94. The van der Waals surface area contributed by atoms with Gasteiger partial charge < -0.3 is 32.8 Å². The summed E-state index contributed by atoms with van der Waals surface area (Å²) in [7, 11) is 7.64. The zero-order valence-corrected chi connectivity index (χ0v) is 21.6. The Balaban J connectivity index is 1.70. The zero-order chi connectivity index (χ0) is 27.0. The third-order valence-corrected chi connectivity index (χ3v) is 6.67. The van der Waals surface area contributed by atoms with Gasteiger partial charge in [0.15, 0.2) is 23.0 Å². The van der Waals surface area contributed by atoms with Gasteiger partial charge in [-0.05, 0) is 47.5 Å². The number of esters is 1. The van der Waals surface area contributed by atoms with E-state index in [9.17, 15) is 9.59 Å². The van der Waals surface area contributed by atoms with Crippen molar-refractivity contribution in [2.45, 2.75) is 12.3 Å². The van der Waals surface area contributed by atoms with Gasteiger partial charge in [0, 0.05) is 11.5 Å². The van der Waals surface area contributed by atoms with Crippen LogP contribution in [-0.4, -0.2) is 41.5 Å². The normalized spacial score (nSPS) is 14.4. The Hall–Kier alpha value is -4.66. The number of carbonyl (C=O) groups is 1. The number of hydrogen-bond acceptors (Lipinski definition) is 9. The lowest BCUT2D eigenvalue weighted by Gasteiger charge is -2.26. The maximum absolute atomic E-state index is 13.7. The Morgan fingerprint density at radius 3 is 2.08 bits per heavy atom. The number of rotatable bonds is 7. The smallest absolute Gasteiger partial charge is 0.312 e. The first-order valence-corrected chi connectivity index (χ1v) is 11.7. The van der Waals surface area contributed by atoms with Crippen molar-refractivity contribution in [3.63, 3.8) is 0 Å².